The number of halogens is 3. The zero-order valence-electron chi connectivity index (χ0n) is 17.3. The molecule has 0 spiro atoms. The van der Waals surface area contributed by atoms with Gasteiger partial charge in [-0.3, -0.25) is 4.99 Å². The first-order valence-corrected chi connectivity index (χ1v) is 9.66. The maximum Gasteiger partial charge on any atom is 0.411 e. The molecule has 0 saturated carbocycles. The molecule has 0 unspecified atom stereocenters. The van der Waals surface area contributed by atoms with Gasteiger partial charge in [0.05, 0.1) is 6.61 Å². The Kier molecular flexibility index (Phi) is 8.73. The minimum atomic E-state index is -4.30. The molecule has 0 amide bonds. The summed E-state index contributed by atoms with van der Waals surface area (Å²) in [6, 6.07) is 7.28. The number of likely N-dealkylation sites (N-methyl/N-ethyl adjacent to an activating group) is 1. The van der Waals surface area contributed by atoms with Gasteiger partial charge in [-0.1, -0.05) is 24.3 Å². The van der Waals surface area contributed by atoms with E-state index in [-0.39, 0.29) is 12.1 Å². The third-order valence-electron chi connectivity index (χ3n) is 5.20. The van der Waals surface area contributed by atoms with Gasteiger partial charge in [-0.25, -0.2) is 0 Å². The first-order chi connectivity index (χ1) is 13.7. The lowest BCUT2D eigenvalue weighted by Gasteiger charge is -2.43. The largest absolute Gasteiger partial charge is 0.411 e. The first-order valence-electron chi connectivity index (χ1n) is 9.66. The summed E-state index contributed by atoms with van der Waals surface area (Å²) < 4.78 is 46.5. The number of hydrogen-bond acceptors (Lipinski definition) is 4. The van der Waals surface area contributed by atoms with Crippen LogP contribution in [0.4, 0.5) is 13.2 Å². The van der Waals surface area contributed by atoms with Crippen LogP contribution in [0.15, 0.2) is 29.3 Å². The van der Waals surface area contributed by atoms with Gasteiger partial charge in [0.25, 0.3) is 0 Å². The lowest BCUT2D eigenvalue weighted by Crippen LogP contribution is -2.57. The molecule has 0 aromatic heterocycles. The van der Waals surface area contributed by atoms with Gasteiger partial charge in [0, 0.05) is 38.9 Å². The molecular formula is C20H31F3N4O2. The van der Waals surface area contributed by atoms with E-state index in [1.54, 1.807) is 19.2 Å². The van der Waals surface area contributed by atoms with E-state index in [9.17, 15) is 13.2 Å². The van der Waals surface area contributed by atoms with Gasteiger partial charge in [-0.2, -0.15) is 13.2 Å². The van der Waals surface area contributed by atoms with Crippen LogP contribution in [0.2, 0.25) is 0 Å². The molecule has 1 aliphatic rings. The van der Waals surface area contributed by atoms with Crippen molar-refractivity contribution in [1.82, 2.24) is 15.5 Å². The highest BCUT2D eigenvalue weighted by atomic mass is 19.4. The summed E-state index contributed by atoms with van der Waals surface area (Å²) in [5, 5.41) is 6.67. The number of nitrogens with one attached hydrogen (secondary N) is 2. The molecule has 0 atom stereocenters. The monoisotopic (exact) mass is 416 g/mol. The number of ether oxygens (including phenoxy) is 2. The van der Waals surface area contributed by atoms with E-state index in [1.165, 1.54) is 0 Å². The Labute approximate surface area is 170 Å². The summed E-state index contributed by atoms with van der Waals surface area (Å²) in [6.45, 7) is 1.53. The Morgan fingerprint density at radius 1 is 1.14 bits per heavy atom. The van der Waals surface area contributed by atoms with Crippen LogP contribution in [0.25, 0.3) is 0 Å². The van der Waals surface area contributed by atoms with Crippen LogP contribution in [-0.2, 0) is 22.6 Å². The zero-order valence-corrected chi connectivity index (χ0v) is 17.3. The standard InChI is InChI=1S/C20H31F3N4O2/c1-24-18(26-14-19(27(2)3)8-10-28-11-9-19)25-12-16-4-6-17(7-5-16)13-29-15-20(21,22)23/h4-7H,8-15H2,1-3H3,(H2,24,25,26). The Hall–Kier alpha value is -1.84. The van der Waals surface area contributed by atoms with Gasteiger partial charge in [0.2, 0.25) is 0 Å². The summed E-state index contributed by atoms with van der Waals surface area (Å²) in [5.41, 5.74) is 1.74. The van der Waals surface area contributed by atoms with Crippen LogP contribution < -0.4 is 10.6 Å². The van der Waals surface area contributed by atoms with E-state index in [0.29, 0.717) is 18.1 Å². The number of nitrogens with zero attached hydrogens (tertiary/aromatic N) is 2. The predicted octanol–water partition coefficient (Wildman–Crippen LogP) is 2.54. The molecule has 1 aromatic carbocycles. The third kappa shape index (κ3) is 7.83. The van der Waals surface area contributed by atoms with Crippen molar-refractivity contribution in [1.29, 1.82) is 0 Å². The van der Waals surface area contributed by atoms with Crippen molar-refractivity contribution in [2.24, 2.45) is 4.99 Å². The molecule has 9 heteroatoms. The molecule has 1 saturated heterocycles. The molecule has 6 nitrogen and oxygen atoms in total. The maximum atomic E-state index is 12.1. The number of rotatable bonds is 8. The minimum Gasteiger partial charge on any atom is -0.381 e. The van der Waals surface area contributed by atoms with Crippen LogP contribution >= 0.6 is 0 Å². The molecule has 0 aliphatic carbocycles. The maximum absolute atomic E-state index is 12.1. The van der Waals surface area contributed by atoms with Crippen molar-refractivity contribution in [3.05, 3.63) is 35.4 Å². The lowest BCUT2D eigenvalue weighted by molar-refractivity contribution is -0.176. The van der Waals surface area contributed by atoms with Crippen LogP contribution in [0.3, 0.4) is 0 Å². The number of aliphatic imine (C=N–C) groups is 1. The molecule has 1 aromatic rings. The summed E-state index contributed by atoms with van der Waals surface area (Å²) in [4.78, 5) is 6.52. The molecule has 29 heavy (non-hydrogen) atoms. The van der Waals surface area contributed by atoms with E-state index in [1.807, 2.05) is 12.1 Å². The van der Waals surface area contributed by atoms with E-state index < -0.39 is 12.8 Å². The second kappa shape index (κ2) is 10.8. The van der Waals surface area contributed by atoms with Crippen LogP contribution in [-0.4, -0.2) is 70.1 Å². The molecule has 1 heterocycles. The van der Waals surface area contributed by atoms with Gasteiger partial charge < -0.3 is 25.0 Å². The van der Waals surface area contributed by atoms with Crippen molar-refractivity contribution < 1.29 is 22.6 Å². The van der Waals surface area contributed by atoms with E-state index in [0.717, 1.165) is 38.2 Å². The molecule has 0 bridgehead atoms. The van der Waals surface area contributed by atoms with Crippen molar-refractivity contribution in [3.8, 4) is 0 Å². The average Bonchev–Trinajstić information content (AvgIpc) is 2.69. The van der Waals surface area contributed by atoms with Gasteiger partial charge in [0.1, 0.15) is 6.61 Å². The molecule has 2 N–H and O–H groups in total. The molecule has 1 fully saturated rings. The topological polar surface area (TPSA) is 58.1 Å². The van der Waals surface area contributed by atoms with E-state index in [4.69, 9.17) is 4.74 Å². The summed E-state index contributed by atoms with van der Waals surface area (Å²) in [6.07, 6.45) is -2.38. The van der Waals surface area contributed by atoms with Gasteiger partial charge >= 0.3 is 6.18 Å². The Morgan fingerprint density at radius 2 is 1.76 bits per heavy atom. The van der Waals surface area contributed by atoms with E-state index >= 15 is 0 Å². The minimum absolute atomic E-state index is 0.0356. The predicted molar refractivity (Wildman–Crippen MR) is 107 cm³/mol. The normalized spacial score (nSPS) is 17.4. The Balaban J connectivity index is 1.80. The fourth-order valence-corrected chi connectivity index (χ4v) is 3.23. The number of hydrogen-bond donors (Lipinski definition) is 2. The van der Waals surface area contributed by atoms with Crippen LogP contribution in [0.5, 0.6) is 0 Å². The number of benzene rings is 1. The summed E-state index contributed by atoms with van der Waals surface area (Å²) >= 11 is 0. The fraction of sp³-hybridized carbons (Fsp3) is 0.650. The lowest BCUT2D eigenvalue weighted by atomic mass is 9.88. The SMILES string of the molecule is CN=C(NCc1ccc(COCC(F)(F)F)cc1)NCC1(N(C)C)CCOCC1. The summed E-state index contributed by atoms with van der Waals surface area (Å²) in [5.74, 6) is 0.704. The third-order valence-corrected chi connectivity index (χ3v) is 5.20. The number of alkyl halides is 3. The highest BCUT2D eigenvalue weighted by Gasteiger charge is 2.34. The van der Waals surface area contributed by atoms with Crippen LogP contribution in [0, 0.1) is 0 Å². The van der Waals surface area contributed by atoms with Gasteiger partial charge in [0.15, 0.2) is 5.96 Å². The molecule has 2 rings (SSSR count). The quantitative estimate of drug-likeness (QED) is 0.504. The second-order valence-electron chi connectivity index (χ2n) is 7.43. The zero-order chi connectivity index (χ0) is 21.3. The highest BCUT2D eigenvalue weighted by Crippen LogP contribution is 2.25. The molecule has 0 radical (unpaired) electrons. The Morgan fingerprint density at radius 3 is 2.31 bits per heavy atom. The molecule has 164 valence electrons. The van der Waals surface area contributed by atoms with E-state index in [2.05, 4.69) is 39.4 Å². The van der Waals surface area contributed by atoms with Crippen molar-refractivity contribution in [2.45, 2.75) is 37.7 Å². The van der Waals surface area contributed by atoms with Crippen molar-refractivity contribution in [3.63, 3.8) is 0 Å². The Bertz CT molecular complexity index is 642. The molecular weight excluding hydrogens is 385 g/mol. The average molecular weight is 416 g/mol. The van der Waals surface area contributed by atoms with Gasteiger partial charge in [-0.15, -0.1) is 0 Å². The smallest absolute Gasteiger partial charge is 0.381 e. The highest BCUT2D eigenvalue weighted by molar-refractivity contribution is 5.79. The number of guanidine groups is 1. The second-order valence-corrected chi connectivity index (χ2v) is 7.43. The summed E-state index contributed by atoms with van der Waals surface area (Å²) in [7, 11) is 5.90. The molecule has 1 aliphatic heterocycles. The van der Waals surface area contributed by atoms with Gasteiger partial charge in [-0.05, 0) is 38.1 Å². The van der Waals surface area contributed by atoms with Crippen molar-refractivity contribution in [2.75, 3.05) is 47.5 Å². The first kappa shape index (κ1) is 23.4. The van der Waals surface area contributed by atoms with Crippen molar-refractivity contribution >= 4 is 5.96 Å². The fourth-order valence-electron chi connectivity index (χ4n) is 3.23. The van der Waals surface area contributed by atoms with Crippen LogP contribution in [0.1, 0.15) is 24.0 Å².